The third-order valence-electron chi connectivity index (χ3n) is 5.04. The van der Waals surface area contributed by atoms with E-state index in [0.29, 0.717) is 12.0 Å². The number of Topliss-reactive ketones (excluding diaryl/α,β-unsaturated/α-hetero) is 1. The molecule has 0 aliphatic heterocycles. The molecule has 0 saturated carbocycles. The van der Waals surface area contributed by atoms with E-state index in [1.165, 1.54) is 11.3 Å². The van der Waals surface area contributed by atoms with Gasteiger partial charge in [0.15, 0.2) is 11.7 Å². The van der Waals surface area contributed by atoms with E-state index in [2.05, 4.69) is 9.97 Å². The van der Waals surface area contributed by atoms with Crippen LogP contribution in [0.25, 0.3) is 16.2 Å². The van der Waals surface area contributed by atoms with E-state index in [9.17, 15) is 9.59 Å². The molecule has 3 aromatic heterocycles. The fourth-order valence-electron chi connectivity index (χ4n) is 3.64. The highest BCUT2D eigenvalue weighted by atomic mass is 32.1. The normalized spacial score (nSPS) is 11.2. The van der Waals surface area contributed by atoms with Gasteiger partial charge in [0.05, 0.1) is 11.0 Å². The number of hydrogen-bond donors (Lipinski definition) is 0. The van der Waals surface area contributed by atoms with Crippen molar-refractivity contribution >= 4 is 34.1 Å². The van der Waals surface area contributed by atoms with Crippen molar-refractivity contribution in [2.75, 3.05) is 6.61 Å². The van der Waals surface area contributed by atoms with E-state index < -0.39 is 5.97 Å². The molecule has 3 heterocycles. The minimum absolute atomic E-state index is 0.0229. The monoisotopic (exact) mass is 422 g/mol. The average molecular weight is 423 g/mol. The van der Waals surface area contributed by atoms with Gasteiger partial charge in [-0.15, -0.1) is 11.3 Å². The van der Waals surface area contributed by atoms with Crippen molar-refractivity contribution in [2.24, 2.45) is 0 Å². The number of benzene rings is 1. The number of fused-ring (bicyclic) bond motifs is 1. The minimum Gasteiger partial charge on any atom is -0.456 e. The van der Waals surface area contributed by atoms with Crippen molar-refractivity contribution in [3.05, 3.63) is 64.7 Å². The van der Waals surface area contributed by atoms with E-state index in [1.807, 2.05) is 65.6 Å². The predicted octanol–water partition coefficient (Wildman–Crippen LogP) is 3.89. The number of esters is 1. The molecule has 0 fully saturated rings. The summed E-state index contributed by atoms with van der Waals surface area (Å²) in [7, 11) is 0. The highest BCUT2D eigenvalue weighted by Crippen LogP contribution is 2.23. The standard InChI is InChI=1S/C22H22N4O3S/c1-4-20-24-17-7-5-6-8-18(17)25(20)12-21(28)29-13-19(27)16-11-14(2)26(15(16)3)22-23-9-10-30-22/h5-11H,4,12-13H2,1-3H3. The lowest BCUT2D eigenvalue weighted by Crippen LogP contribution is -2.19. The molecule has 1 aromatic carbocycles. The molecule has 0 aliphatic rings. The average Bonchev–Trinajstić information content (AvgIpc) is 3.44. The van der Waals surface area contributed by atoms with Crippen LogP contribution >= 0.6 is 11.3 Å². The number of thiazole rings is 1. The fourth-order valence-corrected chi connectivity index (χ4v) is 4.39. The molecule has 154 valence electrons. The number of rotatable bonds is 7. The van der Waals surface area contributed by atoms with E-state index >= 15 is 0 Å². The van der Waals surface area contributed by atoms with Gasteiger partial charge in [-0.25, -0.2) is 9.97 Å². The van der Waals surface area contributed by atoms with Gasteiger partial charge in [0, 0.05) is 34.9 Å². The second-order valence-electron chi connectivity index (χ2n) is 6.98. The van der Waals surface area contributed by atoms with Gasteiger partial charge in [-0.2, -0.15) is 0 Å². The summed E-state index contributed by atoms with van der Waals surface area (Å²) in [5.41, 5.74) is 3.96. The number of carbonyl (C=O) groups is 2. The fraction of sp³-hybridized carbons (Fsp3) is 0.273. The molecule has 0 amide bonds. The summed E-state index contributed by atoms with van der Waals surface area (Å²) in [5, 5.41) is 2.70. The molecule has 8 heteroatoms. The Morgan fingerprint density at radius 3 is 2.73 bits per heavy atom. The van der Waals surface area contributed by atoms with E-state index in [-0.39, 0.29) is 18.9 Å². The lowest BCUT2D eigenvalue weighted by atomic mass is 10.1. The van der Waals surface area contributed by atoms with Crippen LogP contribution < -0.4 is 0 Å². The van der Waals surface area contributed by atoms with Gasteiger partial charge in [0.1, 0.15) is 12.4 Å². The lowest BCUT2D eigenvalue weighted by Gasteiger charge is -2.09. The Morgan fingerprint density at radius 2 is 2.00 bits per heavy atom. The van der Waals surface area contributed by atoms with Gasteiger partial charge >= 0.3 is 5.97 Å². The molecular weight excluding hydrogens is 400 g/mol. The van der Waals surface area contributed by atoms with Gasteiger partial charge < -0.3 is 9.30 Å². The van der Waals surface area contributed by atoms with E-state index in [1.54, 1.807) is 6.20 Å². The van der Waals surface area contributed by atoms with Gasteiger partial charge in [-0.3, -0.25) is 14.2 Å². The second-order valence-corrected chi connectivity index (χ2v) is 7.85. The maximum atomic E-state index is 12.7. The largest absolute Gasteiger partial charge is 0.456 e. The Hall–Kier alpha value is -3.26. The van der Waals surface area contributed by atoms with Crippen LogP contribution in [0.15, 0.2) is 41.9 Å². The summed E-state index contributed by atoms with van der Waals surface area (Å²) in [6.45, 7) is 5.51. The molecule has 0 radical (unpaired) electrons. The number of aromatic nitrogens is 4. The van der Waals surface area contributed by atoms with Crippen LogP contribution in [0.5, 0.6) is 0 Å². The van der Waals surface area contributed by atoms with Gasteiger partial charge in [0.25, 0.3) is 0 Å². The van der Waals surface area contributed by atoms with Crippen molar-refractivity contribution < 1.29 is 14.3 Å². The molecular formula is C22H22N4O3S. The summed E-state index contributed by atoms with van der Waals surface area (Å²) in [6.07, 6.45) is 2.43. The third-order valence-corrected chi connectivity index (χ3v) is 5.80. The molecule has 4 rings (SSSR count). The number of ether oxygens (including phenoxy) is 1. The molecule has 0 spiro atoms. The maximum absolute atomic E-state index is 12.7. The van der Waals surface area contributed by atoms with Crippen LogP contribution in [0, 0.1) is 13.8 Å². The first kappa shape index (κ1) is 20.0. The molecule has 0 unspecified atom stereocenters. The molecule has 0 bridgehead atoms. The van der Waals surface area contributed by atoms with Gasteiger partial charge in [-0.1, -0.05) is 19.1 Å². The molecule has 0 aliphatic carbocycles. The maximum Gasteiger partial charge on any atom is 0.326 e. The minimum atomic E-state index is -0.463. The number of aryl methyl sites for hydroxylation is 2. The highest BCUT2D eigenvalue weighted by Gasteiger charge is 2.20. The van der Waals surface area contributed by atoms with Crippen LogP contribution in [0.3, 0.4) is 0 Å². The van der Waals surface area contributed by atoms with Crippen LogP contribution in [-0.2, 0) is 22.5 Å². The second kappa shape index (κ2) is 8.23. The Morgan fingerprint density at radius 1 is 1.20 bits per heavy atom. The van der Waals surface area contributed by atoms with Crippen LogP contribution in [-0.4, -0.2) is 37.5 Å². The summed E-state index contributed by atoms with van der Waals surface area (Å²) in [6, 6.07) is 9.47. The van der Waals surface area contributed by atoms with Crippen molar-refractivity contribution in [3.8, 4) is 5.13 Å². The predicted molar refractivity (Wildman–Crippen MR) is 115 cm³/mol. The van der Waals surface area contributed by atoms with Crippen molar-refractivity contribution in [2.45, 2.75) is 33.7 Å². The highest BCUT2D eigenvalue weighted by molar-refractivity contribution is 7.12. The summed E-state index contributed by atoms with van der Waals surface area (Å²) in [4.78, 5) is 34.1. The summed E-state index contributed by atoms with van der Waals surface area (Å²) < 4.78 is 9.09. The van der Waals surface area contributed by atoms with Crippen LogP contribution in [0.1, 0.15) is 34.5 Å². The molecule has 7 nitrogen and oxygen atoms in total. The SMILES string of the molecule is CCc1nc2ccccc2n1CC(=O)OCC(=O)c1cc(C)n(-c2nccs2)c1C. The Balaban J connectivity index is 1.46. The first-order valence-electron chi connectivity index (χ1n) is 9.71. The summed E-state index contributed by atoms with van der Waals surface area (Å²) in [5.74, 6) is 0.117. The molecule has 0 atom stereocenters. The molecule has 0 saturated heterocycles. The van der Waals surface area contributed by atoms with Crippen molar-refractivity contribution in [1.29, 1.82) is 0 Å². The quantitative estimate of drug-likeness (QED) is 0.333. The first-order chi connectivity index (χ1) is 14.5. The number of imidazole rings is 1. The zero-order valence-corrected chi connectivity index (χ0v) is 17.9. The zero-order valence-electron chi connectivity index (χ0n) is 17.1. The zero-order chi connectivity index (χ0) is 21.3. The molecule has 0 N–H and O–H groups in total. The third kappa shape index (κ3) is 3.66. The molecule has 4 aromatic rings. The Labute approximate surface area is 178 Å². The topological polar surface area (TPSA) is 79.0 Å². The molecule has 30 heavy (non-hydrogen) atoms. The van der Waals surface area contributed by atoms with Gasteiger partial charge in [0.2, 0.25) is 5.78 Å². The smallest absolute Gasteiger partial charge is 0.326 e. The number of nitrogens with zero attached hydrogens (tertiary/aromatic N) is 4. The summed E-state index contributed by atoms with van der Waals surface area (Å²) >= 11 is 1.50. The number of para-hydroxylation sites is 2. The van der Waals surface area contributed by atoms with Crippen LogP contribution in [0.4, 0.5) is 0 Å². The Bertz CT molecular complexity index is 1220. The first-order valence-corrected chi connectivity index (χ1v) is 10.6. The number of hydrogen-bond acceptors (Lipinski definition) is 6. The van der Waals surface area contributed by atoms with E-state index in [4.69, 9.17) is 4.74 Å². The van der Waals surface area contributed by atoms with Crippen molar-refractivity contribution in [1.82, 2.24) is 19.1 Å². The number of carbonyl (C=O) groups excluding carboxylic acids is 2. The van der Waals surface area contributed by atoms with E-state index in [0.717, 1.165) is 33.4 Å². The Kier molecular flexibility index (Phi) is 5.50. The van der Waals surface area contributed by atoms with Crippen LogP contribution in [0.2, 0.25) is 0 Å². The van der Waals surface area contributed by atoms with Gasteiger partial charge in [-0.05, 0) is 32.0 Å². The lowest BCUT2D eigenvalue weighted by molar-refractivity contribution is -0.143. The van der Waals surface area contributed by atoms with Crippen molar-refractivity contribution in [3.63, 3.8) is 0 Å². The number of ketones is 1.